The minimum atomic E-state index is -0.410. The fourth-order valence-corrected chi connectivity index (χ4v) is 5.43. The number of ketones is 1. The van der Waals surface area contributed by atoms with Gasteiger partial charge in [-0.2, -0.15) is 0 Å². The van der Waals surface area contributed by atoms with Crippen LogP contribution in [-0.4, -0.2) is 89.9 Å². The van der Waals surface area contributed by atoms with Crippen molar-refractivity contribution in [2.24, 2.45) is 12.0 Å². The van der Waals surface area contributed by atoms with Crippen LogP contribution < -0.4 is 16.0 Å². The number of rotatable bonds is 13. The molecule has 0 bridgehead atoms. The number of aliphatic imine (C=N–C) groups is 1. The molecule has 0 saturated carbocycles. The van der Waals surface area contributed by atoms with Gasteiger partial charge in [0, 0.05) is 58.5 Å². The number of nitrogens with one attached hydrogen (secondary N) is 3. The highest BCUT2D eigenvalue weighted by Crippen LogP contribution is 2.30. The van der Waals surface area contributed by atoms with Gasteiger partial charge in [-0.25, -0.2) is 0 Å². The van der Waals surface area contributed by atoms with Crippen molar-refractivity contribution in [3.63, 3.8) is 0 Å². The van der Waals surface area contributed by atoms with Crippen LogP contribution in [0.5, 0.6) is 0 Å². The molecule has 3 aromatic heterocycles. The molecule has 4 heterocycles. The van der Waals surface area contributed by atoms with Crippen molar-refractivity contribution in [2.75, 3.05) is 58.6 Å². The summed E-state index contributed by atoms with van der Waals surface area (Å²) in [6, 6.07) is 3.27. The summed E-state index contributed by atoms with van der Waals surface area (Å²) in [5.41, 5.74) is 5.45. The number of hydrogen-bond acceptors (Lipinski definition) is 8. The normalized spacial score (nSPS) is 14.0. The van der Waals surface area contributed by atoms with Crippen LogP contribution in [0.3, 0.4) is 0 Å². The van der Waals surface area contributed by atoms with Crippen molar-refractivity contribution in [3.05, 3.63) is 70.7 Å². The lowest BCUT2D eigenvalue weighted by molar-refractivity contribution is 0.0910. The molecule has 3 aromatic rings. The third-order valence-electron chi connectivity index (χ3n) is 7.32. The molecule has 2 aliphatic rings. The minimum absolute atomic E-state index is 0.112. The molecule has 13 nitrogen and oxygen atoms in total. The second-order valence-corrected chi connectivity index (χ2v) is 10.9. The van der Waals surface area contributed by atoms with Gasteiger partial charge in [0.25, 0.3) is 11.8 Å². The third kappa shape index (κ3) is 6.33. The Morgan fingerprint density at radius 1 is 1.00 bits per heavy atom. The molecular formula is C30H38N8O5. The van der Waals surface area contributed by atoms with E-state index in [1.165, 1.54) is 14.2 Å². The molecular weight excluding hydrogens is 552 g/mol. The van der Waals surface area contributed by atoms with Crippen LogP contribution in [0.25, 0.3) is 0 Å². The highest BCUT2D eigenvalue weighted by molar-refractivity contribution is 6.27. The Kier molecular flexibility index (Phi) is 8.94. The molecule has 1 aliphatic heterocycles. The average molecular weight is 591 g/mol. The molecule has 0 radical (unpaired) electrons. The number of aromatic nitrogens is 3. The number of amides is 2. The number of methoxy groups -OCH3 is 2. The molecule has 228 valence electrons. The van der Waals surface area contributed by atoms with Gasteiger partial charge in [-0.1, -0.05) is 0 Å². The van der Waals surface area contributed by atoms with Gasteiger partial charge in [0.2, 0.25) is 5.78 Å². The molecule has 13 heteroatoms. The predicted octanol–water partition coefficient (Wildman–Crippen LogP) is 2.31. The highest BCUT2D eigenvalue weighted by Gasteiger charge is 2.32. The van der Waals surface area contributed by atoms with E-state index in [1.807, 2.05) is 31.9 Å². The third-order valence-corrected chi connectivity index (χ3v) is 7.32. The van der Waals surface area contributed by atoms with Crippen LogP contribution in [0, 0.1) is 0 Å². The summed E-state index contributed by atoms with van der Waals surface area (Å²) in [5.74, 6) is -0.804. The van der Waals surface area contributed by atoms with Crippen molar-refractivity contribution in [3.8, 4) is 0 Å². The van der Waals surface area contributed by atoms with Crippen molar-refractivity contribution in [2.45, 2.75) is 26.3 Å². The number of carbonyl (C=O) groups is 3. The first kappa shape index (κ1) is 30.0. The molecule has 43 heavy (non-hydrogen) atoms. The number of carbonyl (C=O) groups excluding carboxylic acids is 3. The number of anilines is 2. The van der Waals surface area contributed by atoms with E-state index in [1.54, 1.807) is 39.7 Å². The molecule has 0 unspecified atom stereocenters. The summed E-state index contributed by atoms with van der Waals surface area (Å²) in [6.07, 6.45) is 8.75. The molecule has 1 aliphatic carbocycles. The zero-order valence-electron chi connectivity index (χ0n) is 25.2. The Balaban J connectivity index is 1.33. The Morgan fingerprint density at radius 2 is 1.67 bits per heavy atom. The molecule has 0 aromatic carbocycles. The van der Waals surface area contributed by atoms with E-state index in [-0.39, 0.29) is 25.2 Å². The van der Waals surface area contributed by atoms with E-state index in [4.69, 9.17) is 9.47 Å². The van der Waals surface area contributed by atoms with Crippen molar-refractivity contribution in [1.29, 1.82) is 0 Å². The summed E-state index contributed by atoms with van der Waals surface area (Å²) >= 11 is 0. The molecule has 0 spiro atoms. The maximum absolute atomic E-state index is 13.5. The van der Waals surface area contributed by atoms with E-state index in [9.17, 15) is 14.4 Å². The van der Waals surface area contributed by atoms with Crippen LogP contribution >= 0.6 is 0 Å². The SMILES string of the molecule is COCn1cc(NC(=O)c2cc(NC3=CC4=NCCc5cn(C)c(c54)C3=O)cn2COC)cc1C(=O)NCCCN(C)C. The van der Waals surface area contributed by atoms with Crippen LogP contribution in [-0.2, 0) is 36.4 Å². The highest BCUT2D eigenvalue weighted by atomic mass is 16.5. The zero-order chi connectivity index (χ0) is 30.7. The number of hydrogen-bond donors (Lipinski definition) is 3. The van der Waals surface area contributed by atoms with Gasteiger partial charge in [0.1, 0.15) is 30.5 Å². The quantitative estimate of drug-likeness (QED) is 0.260. The lowest BCUT2D eigenvalue weighted by atomic mass is 9.92. The molecule has 2 amide bonds. The number of ether oxygens (including phenoxy) is 2. The van der Waals surface area contributed by atoms with Crippen molar-refractivity contribution in [1.82, 2.24) is 23.9 Å². The van der Waals surface area contributed by atoms with E-state index in [0.717, 1.165) is 36.2 Å². The van der Waals surface area contributed by atoms with E-state index < -0.39 is 5.91 Å². The van der Waals surface area contributed by atoms with Gasteiger partial charge in [-0.05, 0) is 57.3 Å². The van der Waals surface area contributed by atoms with Crippen LogP contribution in [0.4, 0.5) is 11.4 Å². The monoisotopic (exact) mass is 590 g/mol. The summed E-state index contributed by atoms with van der Waals surface area (Å²) < 4.78 is 15.7. The number of allylic oxidation sites excluding steroid dienone is 2. The molecule has 0 fully saturated rings. The first-order valence-electron chi connectivity index (χ1n) is 14.1. The Hall–Kier alpha value is -4.46. The van der Waals surface area contributed by atoms with E-state index >= 15 is 0 Å². The zero-order valence-corrected chi connectivity index (χ0v) is 25.2. The fraction of sp³-hybridized carbons (Fsp3) is 0.400. The second-order valence-electron chi connectivity index (χ2n) is 10.9. The number of nitrogens with zero attached hydrogens (tertiary/aromatic N) is 5. The summed E-state index contributed by atoms with van der Waals surface area (Å²) in [6.45, 7) is 2.30. The van der Waals surface area contributed by atoms with Gasteiger partial charge in [-0.15, -0.1) is 0 Å². The van der Waals surface area contributed by atoms with Gasteiger partial charge >= 0.3 is 0 Å². The predicted molar refractivity (Wildman–Crippen MR) is 163 cm³/mol. The molecule has 5 rings (SSSR count). The Labute approximate surface area is 250 Å². The van der Waals surface area contributed by atoms with Crippen LogP contribution in [0.15, 0.2) is 47.5 Å². The molecule has 0 atom stereocenters. The van der Waals surface area contributed by atoms with Crippen molar-refractivity contribution >= 4 is 34.7 Å². The molecule has 0 saturated heterocycles. The van der Waals surface area contributed by atoms with E-state index in [2.05, 4.69) is 25.8 Å². The lowest BCUT2D eigenvalue weighted by Gasteiger charge is -2.20. The van der Waals surface area contributed by atoms with Crippen molar-refractivity contribution < 1.29 is 23.9 Å². The summed E-state index contributed by atoms with van der Waals surface area (Å²) in [7, 11) is 8.90. The Bertz CT molecular complexity index is 1610. The van der Waals surface area contributed by atoms with Crippen LogP contribution in [0.1, 0.15) is 49.0 Å². The van der Waals surface area contributed by atoms with Gasteiger partial charge in [0.05, 0.1) is 22.8 Å². The number of Topliss-reactive ketones (excluding diaryl/α,β-unsaturated/α-hetero) is 1. The smallest absolute Gasteiger partial charge is 0.272 e. The standard InChI is InChI=1S/C30H38N8O5/c1-35(2)10-6-8-32-29(40)24-12-21(16-37(24)17-42-4)34-30(41)25-11-20(15-38(25)18-43-5)33-23-13-22-26-19(7-9-31-22)14-36(3)27(26)28(23)39/h11-16,33H,6-10,17-18H2,1-5H3,(H,32,40)(H,34,41). The van der Waals surface area contributed by atoms with E-state index in [0.29, 0.717) is 47.2 Å². The van der Waals surface area contributed by atoms with Gasteiger partial charge in [0.15, 0.2) is 0 Å². The van der Waals surface area contributed by atoms with Crippen LogP contribution in [0.2, 0.25) is 0 Å². The minimum Gasteiger partial charge on any atom is -0.364 e. The first-order valence-corrected chi connectivity index (χ1v) is 14.1. The Morgan fingerprint density at radius 3 is 2.37 bits per heavy atom. The van der Waals surface area contributed by atoms with Gasteiger partial charge in [-0.3, -0.25) is 19.4 Å². The maximum atomic E-state index is 13.5. The van der Waals surface area contributed by atoms with Gasteiger partial charge < -0.3 is 44.0 Å². The number of aryl methyl sites for hydroxylation is 1. The lowest BCUT2D eigenvalue weighted by Crippen LogP contribution is -2.28. The summed E-state index contributed by atoms with van der Waals surface area (Å²) in [4.78, 5) is 46.4. The second kappa shape index (κ2) is 12.8. The topological polar surface area (TPSA) is 136 Å². The first-order chi connectivity index (χ1) is 20.7. The largest absolute Gasteiger partial charge is 0.364 e. The summed E-state index contributed by atoms with van der Waals surface area (Å²) in [5, 5.41) is 8.99. The fourth-order valence-electron chi connectivity index (χ4n) is 5.43. The maximum Gasteiger partial charge on any atom is 0.272 e. The molecule has 3 N–H and O–H groups in total. The average Bonchev–Trinajstić information content (AvgIpc) is 3.65.